The van der Waals surface area contributed by atoms with Gasteiger partial charge < -0.3 is 4.52 Å². The van der Waals surface area contributed by atoms with Crippen LogP contribution in [0, 0.1) is 12.7 Å². The van der Waals surface area contributed by atoms with Crippen LogP contribution in [-0.4, -0.2) is 5.16 Å². The highest BCUT2D eigenvalue weighted by Gasteiger charge is 2.04. The van der Waals surface area contributed by atoms with Crippen molar-refractivity contribution in [3.8, 4) is 0 Å². The van der Waals surface area contributed by atoms with E-state index in [1.807, 2.05) is 13.0 Å². The van der Waals surface area contributed by atoms with E-state index in [1.54, 1.807) is 17.8 Å². The zero-order chi connectivity index (χ0) is 12.3. The first-order valence-corrected chi connectivity index (χ1v) is 6.62. The summed E-state index contributed by atoms with van der Waals surface area (Å²) >= 11 is 7.58. The highest BCUT2D eigenvalue weighted by Crippen LogP contribution is 2.24. The fourth-order valence-electron chi connectivity index (χ4n) is 1.38. The van der Waals surface area contributed by atoms with Crippen molar-refractivity contribution in [1.29, 1.82) is 0 Å². The zero-order valence-corrected chi connectivity index (χ0v) is 10.8. The molecule has 17 heavy (non-hydrogen) atoms. The Kier molecular flexibility index (Phi) is 4.07. The van der Waals surface area contributed by atoms with Crippen molar-refractivity contribution in [3.63, 3.8) is 0 Å². The number of aromatic nitrogens is 1. The van der Waals surface area contributed by atoms with Crippen LogP contribution in [0.25, 0.3) is 0 Å². The molecule has 0 spiro atoms. The maximum atomic E-state index is 12.8. The van der Waals surface area contributed by atoms with Gasteiger partial charge in [0.2, 0.25) is 0 Å². The van der Waals surface area contributed by atoms with E-state index in [2.05, 4.69) is 5.16 Å². The van der Waals surface area contributed by atoms with Gasteiger partial charge in [0.15, 0.2) is 0 Å². The molecule has 0 atom stereocenters. The average Bonchev–Trinajstić information content (AvgIpc) is 2.68. The largest absolute Gasteiger partial charge is 0.360 e. The van der Waals surface area contributed by atoms with Gasteiger partial charge in [0.05, 0.1) is 11.4 Å². The van der Waals surface area contributed by atoms with Gasteiger partial charge in [0.1, 0.15) is 11.6 Å². The molecule has 0 aliphatic carbocycles. The van der Waals surface area contributed by atoms with E-state index in [9.17, 15) is 4.39 Å². The predicted octanol–water partition coefficient (Wildman–Crippen LogP) is 4.21. The second-order valence-corrected chi connectivity index (χ2v) is 5.06. The summed E-state index contributed by atoms with van der Waals surface area (Å²) in [6.07, 6.45) is 0. The summed E-state index contributed by atoms with van der Waals surface area (Å²) in [6.45, 7) is 1.88. The van der Waals surface area contributed by atoms with Gasteiger partial charge in [-0.1, -0.05) is 22.8 Å². The normalized spacial score (nSPS) is 10.8. The Morgan fingerprint density at radius 3 is 2.82 bits per heavy atom. The van der Waals surface area contributed by atoms with Crippen molar-refractivity contribution in [2.24, 2.45) is 0 Å². The molecule has 0 radical (unpaired) electrons. The summed E-state index contributed by atoms with van der Waals surface area (Å²) in [5, 5.41) is 4.27. The van der Waals surface area contributed by atoms with E-state index in [4.69, 9.17) is 16.1 Å². The van der Waals surface area contributed by atoms with E-state index >= 15 is 0 Å². The molecule has 1 aromatic heterocycles. The highest BCUT2D eigenvalue weighted by molar-refractivity contribution is 7.97. The number of nitrogens with zero attached hydrogens (tertiary/aromatic N) is 1. The Morgan fingerprint density at radius 2 is 2.18 bits per heavy atom. The monoisotopic (exact) mass is 271 g/mol. The van der Waals surface area contributed by atoms with Gasteiger partial charge in [-0.15, -0.1) is 11.8 Å². The summed E-state index contributed by atoms with van der Waals surface area (Å²) < 4.78 is 17.9. The molecular formula is C12H11ClFNOS. The first-order chi connectivity index (χ1) is 8.15. The molecule has 0 N–H and O–H groups in total. The third-order valence-electron chi connectivity index (χ3n) is 2.19. The van der Waals surface area contributed by atoms with E-state index < -0.39 is 0 Å². The number of benzene rings is 1. The first-order valence-electron chi connectivity index (χ1n) is 5.09. The van der Waals surface area contributed by atoms with Crippen molar-refractivity contribution in [2.45, 2.75) is 18.4 Å². The lowest BCUT2D eigenvalue weighted by Crippen LogP contribution is -1.85. The molecule has 0 saturated carbocycles. The average molecular weight is 272 g/mol. The van der Waals surface area contributed by atoms with E-state index in [0.29, 0.717) is 5.02 Å². The Balaban J connectivity index is 1.90. The van der Waals surface area contributed by atoms with Crippen LogP contribution >= 0.6 is 23.4 Å². The summed E-state index contributed by atoms with van der Waals surface area (Å²) in [7, 11) is 0. The third kappa shape index (κ3) is 3.48. The molecule has 0 aliphatic heterocycles. The van der Waals surface area contributed by atoms with Crippen molar-refractivity contribution < 1.29 is 8.91 Å². The van der Waals surface area contributed by atoms with Gasteiger partial charge in [-0.2, -0.15) is 0 Å². The van der Waals surface area contributed by atoms with Crippen molar-refractivity contribution in [1.82, 2.24) is 5.16 Å². The Labute approximate surface area is 108 Å². The number of hydrogen-bond donors (Lipinski definition) is 0. The summed E-state index contributed by atoms with van der Waals surface area (Å²) in [4.78, 5) is 0. The minimum absolute atomic E-state index is 0.311. The van der Waals surface area contributed by atoms with Crippen LogP contribution in [0.1, 0.15) is 17.0 Å². The molecule has 90 valence electrons. The minimum Gasteiger partial charge on any atom is -0.360 e. The van der Waals surface area contributed by atoms with Crippen LogP contribution < -0.4 is 0 Å². The predicted molar refractivity (Wildman–Crippen MR) is 67.6 cm³/mol. The molecular weight excluding hydrogens is 261 g/mol. The van der Waals surface area contributed by atoms with Gasteiger partial charge in [0.25, 0.3) is 0 Å². The maximum Gasteiger partial charge on any atom is 0.146 e. The van der Waals surface area contributed by atoms with Crippen LogP contribution in [0.5, 0.6) is 0 Å². The Morgan fingerprint density at radius 1 is 1.35 bits per heavy atom. The van der Waals surface area contributed by atoms with Crippen LogP contribution in [0.15, 0.2) is 28.8 Å². The summed E-state index contributed by atoms with van der Waals surface area (Å²) in [5.74, 6) is 1.98. The number of aryl methyl sites for hydroxylation is 1. The second-order valence-electron chi connectivity index (χ2n) is 3.66. The lowest BCUT2D eigenvalue weighted by Gasteiger charge is -2.02. The SMILES string of the molecule is Cc1cc(CSCc2ccc(F)cc2Cl)on1. The van der Waals surface area contributed by atoms with Crippen molar-refractivity contribution in [3.05, 3.63) is 52.1 Å². The Hall–Kier alpha value is -1.00. The van der Waals surface area contributed by atoms with Crippen LogP contribution in [0.2, 0.25) is 5.02 Å². The van der Waals surface area contributed by atoms with E-state index in [0.717, 1.165) is 28.5 Å². The number of hydrogen-bond acceptors (Lipinski definition) is 3. The van der Waals surface area contributed by atoms with Gasteiger partial charge in [-0.25, -0.2) is 4.39 Å². The van der Waals surface area contributed by atoms with E-state index in [1.165, 1.54) is 12.1 Å². The van der Waals surface area contributed by atoms with Gasteiger partial charge in [-0.3, -0.25) is 0 Å². The highest BCUT2D eigenvalue weighted by atomic mass is 35.5. The van der Waals surface area contributed by atoms with E-state index in [-0.39, 0.29) is 5.82 Å². The molecule has 0 aliphatic rings. The fraction of sp³-hybridized carbons (Fsp3) is 0.250. The molecule has 2 nitrogen and oxygen atoms in total. The number of halogens is 2. The van der Waals surface area contributed by atoms with Crippen LogP contribution in [-0.2, 0) is 11.5 Å². The van der Waals surface area contributed by atoms with Crippen molar-refractivity contribution in [2.75, 3.05) is 0 Å². The quantitative estimate of drug-likeness (QED) is 0.833. The lowest BCUT2D eigenvalue weighted by molar-refractivity contribution is 0.391. The van der Waals surface area contributed by atoms with Crippen LogP contribution in [0.4, 0.5) is 4.39 Å². The molecule has 0 fully saturated rings. The first kappa shape index (κ1) is 12.5. The molecule has 5 heteroatoms. The fourth-order valence-corrected chi connectivity index (χ4v) is 2.61. The third-order valence-corrected chi connectivity index (χ3v) is 3.55. The summed E-state index contributed by atoms with van der Waals surface area (Å²) in [5.41, 5.74) is 1.80. The topological polar surface area (TPSA) is 26.0 Å². The smallest absolute Gasteiger partial charge is 0.146 e. The molecule has 1 heterocycles. The minimum atomic E-state index is -0.311. The van der Waals surface area contributed by atoms with Gasteiger partial charge >= 0.3 is 0 Å². The molecule has 2 aromatic rings. The van der Waals surface area contributed by atoms with Gasteiger partial charge in [0, 0.05) is 16.8 Å². The maximum absolute atomic E-state index is 12.8. The number of thioether (sulfide) groups is 1. The molecule has 2 rings (SSSR count). The molecule has 0 amide bonds. The zero-order valence-electron chi connectivity index (χ0n) is 9.24. The molecule has 1 aromatic carbocycles. The number of rotatable bonds is 4. The van der Waals surface area contributed by atoms with Crippen molar-refractivity contribution >= 4 is 23.4 Å². The standard InChI is InChI=1S/C12H11ClFNOS/c1-8-4-11(16-15-8)7-17-6-9-2-3-10(14)5-12(9)13/h2-5H,6-7H2,1H3. The van der Waals surface area contributed by atoms with Gasteiger partial charge in [-0.05, 0) is 24.6 Å². The molecule has 0 unspecified atom stereocenters. The Bertz CT molecular complexity index is 515. The summed E-state index contributed by atoms with van der Waals surface area (Å²) in [6, 6.07) is 6.35. The second kappa shape index (κ2) is 5.56. The van der Waals surface area contributed by atoms with Crippen LogP contribution in [0.3, 0.4) is 0 Å². The molecule has 0 bridgehead atoms. The lowest BCUT2D eigenvalue weighted by atomic mass is 10.2. The molecule has 0 saturated heterocycles.